The lowest BCUT2D eigenvalue weighted by molar-refractivity contribution is 0.146. The van der Waals surface area contributed by atoms with Crippen molar-refractivity contribution in [3.63, 3.8) is 0 Å². The van der Waals surface area contributed by atoms with E-state index in [1.165, 1.54) is 0 Å². The molecule has 2 aromatic heterocycles. The summed E-state index contributed by atoms with van der Waals surface area (Å²) < 4.78 is 17.2. The highest BCUT2D eigenvalue weighted by atomic mass is 35.5. The topological polar surface area (TPSA) is 59.8 Å². The first-order valence-corrected chi connectivity index (χ1v) is 12.9. The van der Waals surface area contributed by atoms with E-state index in [2.05, 4.69) is 10.3 Å². The summed E-state index contributed by atoms with van der Waals surface area (Å²) in [5.74, 6) is 2.02. The molecule has 9 heteroatoms. The van der Waals surface area contributed by atoms with Gasteiger partial charge < -0.3 is 24.1 Å². The fourth-order valence-electron chi connectivity index (χ4n) is 4.33. The molecule has 1 aliphatic rings. The van der Waals surface area contributed by atoms with Crippen molar-refractivity contribution in [1.29, 1.82) is 0 Å². The largest absolute Gasteiger partial charge is 0.490 e. The molecule has 1 fully saturated rings. The molecule has 0 aliphatic carbocycles. The Bertz CT molecular complexity index is 1410. The standard InChI is InChI=1S/C28H25Cl2N3O3S/c1-17-6-7-18(15-20(17)29)23-10-11-25(36-23)27-26(22-5-3-4-12-31-22)32-28(37)33(27)19-8-9-24(21(30)16-19)35-14-13-34-2/h3-12,15-16,26-27H,13-14H2,1-2H3,(H,32,37)/t26-,27-/m0/s1. The zero-order valence-electron chi connectivity index (χ0n) is 20.3. The van der Waals surface area contributed by atoms with Crippen LogP contribution in [0.25, 0.3) is 11.3 Å². The molecule has 1 N–H and O–H groups in total. The van der Waals surface area contributed by atoms with Crippen molar-refractivity contribution >= 4 is 46.2 Å². The zero-order chi connectivity index (χ0) is 25.9. The van der Waals surface area contributed by atoms with Crippen LogP contribution in [0.3, 0.4) is 0 Å². The van der Waals surface area contributed by atoms with E-state index in [9.17, 15) is 0 Å². The number of nitrogens with zero attached hydrogens (tertiary/aromatic N) is 2. The molecule has 6 nitrogen and oxygen atoms in total. The van der Waals surface area contributed by atoms with Crippen LogP contribution >= 0.6 is 35.4 Å². The van der Waals surface area contributed by atoms with Gasteiger partial charge in [0.15, 0.2) is 5.11 Å². The third kappa shape index (κ3) is 5.31. The molecule has 0 amide bonds. The van der Waals surface area contributed by atoms with Crippen molar-refractivity contribution in [1.82, 2.24) is 10.3 Å². The summed E-state index contributed by atoms with van der Waals surface area (Å²) in [6, 6.07) is 20.7. The summed E-state index contributed by atoms with van der Waals surface area (Å²) in [6.45, 7) is 2.85. The molecular formula is C28H25Cl2N3O3S. The van der Waals surface area contributed by atoms with Crippen LogP contribution in [0.2, 0.25) is 10.0 Å². The molecule has 2 atom stereocenters. The van der Waals surface area contributed by atoms with E-state index in [1.54, 1.807) is 13.3 Å². The Morgan fingerprint density at radius 1 is 1.03 bits per heavy atom. The van der Waals surface area contributed by atoms with Gasteiger partial charge in [0.1, 0.15) is 29.9 Å². The SMILES string of the molecule is COCCOc1ccc(N2C(=S)N[C@@H](c3ccccn3)[C@@H]2c2ccc(-c3ccc(C)c(Cl)c3)o2)cc1Cl. The summed E-state index contributed by atoms with van der Waals surface area (Å²) >= 11 is 18.8. The van der Waals surface area contributed by atoms with Crippen molar-refractivity contribution in [2.45, 2.75) is 19.0 Å². The maximum Gasteiger partial charge on any atom is 0.174 e. The van der Waals surface area contributed by atoms with Gasteiger partial charge in [-0.25, -0.2) is 0 Å². The highest BCUT2D eigenvalue weighted by molar-refractivity contribution is 7.80. The van der Waals surface area contributed by atoms with Gasteiger partial charge in [0.25, 0.3) is 0 Å². The van der Waals surface area contributed by atoms with Crippen LogP contribution < -0.4 is 15.0 Å². The molecule has 190 valence electrons. The van der Waals surface area contributed by atoms with Gasteiger partial charge in [-0.05, 0) is 73.2 Å². The van der Waals surface area contributed by atoms with Crippen LogP contribution in [0, 0.1) is 6.92 Å². The third-order valence-corrected chi connectivity index (χ3v) is 7.23. The van der Waals surface area contributed by atoms with Crippen LogP contribution in [0.4, 0.5) is 5.69 Å². The van der Waals surface area contributed by atoms with E-state index in [0.717, 1.165) is 34.0 Å². The van der Waals surface area contributed by atoms with E-state index in [0.29, 0.717) is 34.1 Å². The predicted molar refractivity (Wildman–Crippen MR) is 151 cm³/mol. The lowest BCUT2D eigenvalue weighted by Gasteiger charge is -2.26. The summed E-state index contributed by atoms with van der Waals surface area (Å²) in [6.07, 6.45) is 1.77. The van der Waals surface area contributed by atoms with Crippen molar-refractivity contribution < 1.29 is 13.9 Å². The van der Waals surface area contributed by atoms with E-state index in [4.69, 9.17) is 49.3 Å². The van der Waals surface area contributed by atoms with E-state index in [1.807, 2.05) is 78.6 Å². The first-order chi connectivity index (χ1) is 18.0. The molecule has 0 radical (unpaired) electrons. The number of ether oxygens (including phenoxy) is 2. The number of methoxy groups -OCH3 is 1. The monoisotopic (exact) mass is 553 g/mol. The fraction of sp³-hybridized carbons (Fsp3) is 0.214. The maximum absolute atomic E-state index is 6.59. The molecule has 4 aromatic rings. The number of aryl methyl sites for hydroxylation is 1. The van der Waals surface area contributed by atoms with Gasteiger partial charge in [0, 0.05) is 29.6 Å². The van der Waals surface area contributed by atoms with Gasteiger partial charge in [0.2, 0.25) is 0 Å². The minimum absolute atomic E-state index is 0.245. The molecular weight excluding hydrogens is 529 g/mol. The molecule has 0 unspecified atom stereocenters. The predicted octanol–water partition coefficient (Wildman–Crippen LogP) is 7.16. The maximum atomic E-state index is 6.59. The quantitative estimate of drug-likeness (QED) is 0.183. The molecule has 0 spiro atoms. The molecule has 0 saturated carbocycles. The summed E-state index contributed by atoms with van der Waals surface area (Å²) in [7, 11) is 1.63. The molecule has 3 heterocycles. The number of anilines is 1. The van der Waals surface area contributed by atoms with Crippen LogP contribution in [0.5, 0.6) is 5.75 Å². The minimum Gasteiger partial charge on any atom is -0.490 e. The van der Waals surface area contributed by atoms with Crippen molar-refractivity contribution in [3.05, 3.63) is 100.0 Å². The molecule has 1 saturated heterocycles. The van der Waals surface area contributed by atoms with Crippen LogP contribution in [0.1, 0.15) is 29.1 Å². The number of furan rings is 1. The number of pyridine rings is 1. The van der Waals surface area contributed by atoms with Crippen LogP contribution in [-0.4, -0.2) is 30.4 Å². The van der Waals surface area contributed by atoms with Crippen molar-refractivity contribution in [3.8, 4) is 17.1 Å². The van der Waals surface area contributed by atoms with Gasteiger partial charge in [0.05, 0.1) is 23.4 Å². The van der Waals surface area contributed by atoms with Gasteiger partial charge >= 0.3 is 0 Å². The first-order valence-electron chi connectivity index (χ1n) is 11.7. The highest BCUT2D eigenvalue weighted by Gasteiger charge is 2.42. The number of benzene rings is 2. The summed E-state index contributed by atoms with van der Waals surface area (Å²) in [4.78, 5) is 6.60. The average molecular weight is 554 g/mol. The summed E-state index contributed by atoms with van der Waals surface area (Å²) in [5.41, 5.74) is 3.56. The smallest absolute Gasteiger partial charge is 0.174 e. The zero-order valence-corrected chi connectivity index (χ0v) is 22.6. The van der Waals surface area contributed by atoms with Crippen molar-refractivity contribution in [2.24, 2.45) is 0 Å². The lowest BCUT2D eigenvalue weighted by atomic mass is 10.0. The second-order valence-corrected chi connectivity index (χ2v) is 9.82. The van der Waals surface area contributed by atoms with Crippen LogP contribution in [0.15, 0.2) is 77.3 Å². The first kappa shape index (κ1) is 25.5. The Hall–Kier alpha value is -3.10. The molecule has 0 bridgehead atoms. The average Bonchev–Trinajstić information content (AvgIpc) is 3.52. The van der Waals surface area contributed by atoms with E-state index in [-0.39, 0.29) is 12.1 Å². The Kier molecular flexibility index (Phi) is 7.67. The number of nitrogens with one attached hydrogen (secondary N) is 1. The Morgan fingerprint density at radius 3 is 2.62 bits per heavy atom. The fourth-order valence-corrected chi connectivity index (χ4v) is 5.08. The number of halogens is 2. The number of hydrogen-bond donors (Lipinski definition) is 1. The molecule has 2 aromatic carbocycles. The Balaban J connectivity index is 1.53. The third-order valence-electron chi connectivity index (χ3n) is 6.21. The van der Waals surface area contributed by atoms with Gasteiger partial charge in [-0.3, -0.25) is 4.98 Å². The molecule has 37 heavy (non-hydrogen) atoms. The normalized spacial score (nSPS) is 17.2. The van der Waals surface area contributed by atoms with E-state index < -0.39 is 0 Å². The van der Waals surface area contributed by atoms with Gasteiger partial charge in [-0.2, -0.15) is 0 Å². The number of thiocarbonyl (C=S) groups is 1. The van der Waals surface area contributed by atoms with Gasteiger partial charge in [-0.1, -0.05) is 41.4 Å². The summed E-state index contributed by atoms with van der Waals surface area (Å²) in [5, 5.41) is 5.14. The number of rotatable bonds is 8. The van der Waals surface area contributed by atoms with E-state index >= 15 is 0 Å². The minimum atomic E-state index is -0.312. The highest BCUT2D eigenvalue weighted by Crippen LogP contribution is 2.44. The van der Waals surface area contributed by atoms with Gasteiger partial charge in [-0.15, -0.1) is 0 Å². The molecule has 5 rings (SSSR count). The Labute approximate surface area is 231 Å². The van der Waals surface area contributed by atoms with Crippen LogP contribution in [-0.2, 0) is 4.74 Å². The Morgan fingerprint density at radius 2 is 1.89 bits per heavy atom. The number of aromatic nitrogens is 1. The lowest BCUT2D eigenvalue weighted by Crippen LogP contribution is -2.29. The number of hydrogen-bond acceptors (Lipinski definition) is 5. The molecule has 1 aliphatic heterocycles. The second kappa shape index (κ2) is 11.1. The second-order valence-electron chi connectivity index (χ2n) is 8.62. The van der Waals surface area contributed by atoms with Crippen molar-refractivity contribution in [2.75, 3.05) is 25.2 Å².